The first-order chi connectivity index (χ1) is 14.2. The number of hydrogen-bond acceptors (Lipinski definition) is 6. The number of carbonyl (C=O) groups is 1. The molecule has 0 aliphatic heterocycles. The van der Waals surface area contributed by atoms with Crippen LogP contribution in [0.3, 0.4) is 0 Å². The van der Waals surface area contributed by atoms with Crippen molar-refractivity contribution in [3.05, 3.63) is 84.7 Å². The van der Waals surface area contributed by atoms with Gasteiger partial charge < -0.3 is 14.8 Å². The van der Waals surface area contributed by atoms with Gasteiger partial charge in [-0.15, -0.1) is 0 Å². The molecule has 3 aromatic carbocycles. The molecule has 1 heterocycles. The molecule has 4 rings (SSSR count). The molecule has 0 atom stereocenters. The zero-order valence-electron chi connectivity index (χ0n) is 15.8. The zero-order chi connectivity index (χ0) is 20.1. The highest BCUT2D eigenvalue weighted by Crippen LogP contribution is 2.27. The van der Waals surface area contributed by atoms with Crippen molar-refractivity contribution in [1.29, 1.82) is 0 Å². The highest BCUT2D eigenvalue weighted by Gasteiger charge is 2.07. The number of nitrogens with one attached hydrogen (secondary N) is 1. The van der Waals surface area contributed by atoms with Crippen LogP contribution in [-0.2, 0) is 11.4 Å². The van der Waals surface area contributed by atoms with Crippen molar-refractivity contribution < 1.29 is 14.3 Å². The fourth-order valence-electron chi connectivity index (χ4n) is 2.88. The summed E-state index contributed by atoms with van der Waals surface area (Å²) in [5, 5.41) is 4.12. The van der Waals surface area contributed by atoms with Crippen LogP contribution in [0.15, 0.2) is 79.1 Å². The van der Waals surface area contributed by atoms with Gasteiger partial charge in [0.1, 0.15) is 30.3 Å². The van der Waals surface area contributed by atoms with E-state index in [0.717, 1.165) is 22.4 Å². The van der Waals surface area contributed by atoms with Gasteiger partial charge in [-0.3, -0.25) is 4.79 Å². The Hall–Kier alpha value is -3.93. The van der Waals surface area contributed by atoms with Crippen molar-refractivity contribution in [2.75, 3.05) is 5.32 Å². The van der Waals surface area contributed by atoms with E-state index >= 15 is 0 Å². The fraction of sp³-hybridized carbons (Fsp3) is 0.0870. The molecule has 6 nitrogen and oxygen atoms in total. The van der Waals surface area contributed by atoms with E-state index in [1.165, 1.54) is 13.3 Å². The molecule has 0 saturated heterocycles. The van der Waals surface area contributed by atoms with E-state index in [2.05, 4.69) is 15.3 Å². The fourth-order valence-corrected chi connectivity index (χ4v) is 2.88. The van der Waals surface area contributed by atoms with Gasteiger partial charge >= 0.3 is 5.97 Å². The number of rotatable bonds is 6. The summed E-state index contributed by atoms with van der Waals surface area (Å²) in [6.45, 7) is 1.89. The van der Waals surface area contributed by atoms with Gasteiger partial charge in [0, 0.05) is 24.1 Å². The minimum atomic E-state index is -0.369. The van der Waals surface area contributed by atoms with Crippen LogP contribution < -0.4 is 14.8 Å². The molecule has 4 aromatic rings. The lowest BCUT2D eigenvalue weighted by Crippen LogP contribution is -2.02. The van der Waals surface area contributed by atoms with Gasteiger partial charge in [0.2, 0.25) is 0 Å². The summed E-state index contributed by atoms with van der Waals surface area (Å²) in [5.74, 6) is 1.54. The second-order valence-corrected chi connectivity index (χ2v) is 6.42. The largest absolute Gasteiger partial charge is 0.489 e. The third kappa shape index (κ3) is 4.68. The van der Waals surface area contributed by atoms with E-state index in [-0.39, 0.29) is 5.97 Å². The summed E-state index contributed by atoms with van der Waals surface area (Å²) in [6.07, 6.45) is 1.47. The molecule has 0 aliphatic carbocycles. The molecule has 1 aromatic heterocycles. The molecule has 29 heavy (non-hydrogen) atoms. The molecule has 144 valence electrons. The van der Waals surface area contributed by atoms with Gasteiger partial charge in [0.15, 0.2) is 0 Å². The van der Waals surface area contributed by atoms with Crippen molar-refractivity contribution in [3.8, 4) is 11.5 Å². The topological polar surface area (TPSA) is 73.3 Å². The van der Waals surface area contributed by atoms with Gasteiger partial charge in [-0.25, -0.2) is 9.97 Å². The number of nitrogens with zero attached hydrogens (tertiary/aromatic N) is 2. The van der Waals surface area contributed by atoms with Crippen molar-refractivity contribution in [1.82, 2.24) is 9.97 Å². The molecule has 0 aliphatic rings. The molecule has 0 spiro atoms. The monoisotopic (exact) mass is 385 g/mol. The smallest absolute Gasteiger partial charge is 0.308 e. The van der Waals surface area contributed by atoms with E-state index in [9.17, 15) is 4.79 Å². The zero-order valence-corrected chi connectivity index (χ0v) is 15.8. The lowest BCUT2D eigenvalue weighted by Gasteiger charge is -2.11. The first-order valence-electron chi connectivity index (χ1n) is 9.14. The number of fused-ring (bicyclic) bond motifs is 1. The molecule has 1 N–H and O–H groups in total. The Morgan fingerprint density at radius 2 is 1.69 bits per heavy atom. The molecular weight excluding hydrogens is 366 g/mol. The number of carbonyl (C=O) groups excluding carboxylic acids is 1. The Balaban J connectivity index is 1.47. The lowest BCUT2D eigenvalue weighted by molar-refractivity contribution is -0.131. The van der Waals surface area contributed by atoms with E-state index < -0.39 is 0 Å². The summed E-state index contributed by atoms with van der Waals surface area (Å²) in [6, 6.07) is 23.0. The van der Waals surface area contributed by atoms with Crippen molar-refractivity contribution in [2.45, 2.75) is 13.5 Å². The van der Waals surface area contributed by atoms with Gasteiger partial charge in [-0.2, -0.15) is 0 Å². The van der Waals surface area contributed by atoms with Gasteiger partial charge in [-0.05, 0) is 42.0 Å². The highest BCUT2D eigenvalue weighted by atomic mass is 16.5. The van der Waals surface area contributed by atoms with Gasteiger partial charge in [0.05, 0.1) is 5.52 Å². The van der Waals surface area contributed by atoms with Crippen LogP contribution in [0.2, 0.25) is 0 Å². The molecule has 6 heteroatoms. The summed E-state index contributed by atoms with van der Waals surface area (Å²) in [4.78, 5) is 19.7. The van der Waals surface area contributed by atoms with Crippen molar-refractivity contribution >= 4 is 28.4 Å². The summed E-state index contributed by atoms with van der Waals surface area (Å²) in [7, 11) is 0. The Labute approximate surface area is 168 Å². The number of esters is 1. The van der Waals surface area contributed by atoms with Crippen LogP contribution in [0, 0.1) is 0 Å². The van der Waals surface area contributed by atoms with E-state index in [0.29, 0.717) is 23.7 Å². The average Bonchev–Trinajstić information content (AvgIpc) is 2.74. The maximum absolute atomic E-state index is 11.1. The summed E-state index contributed by atoms with van der Waals surface area (Å²) >= 11 is 0. The molecule has 0 saturated carbocycles. The number of benzene rings is 3. The van der Waals surface area contributed by atoms with Gasteiger partial charge in [0.25, 0.3) is 0 Å². The highest BCUT2D eigenvalue weighted by molar-refractivity contribution is 5.91. The second kappa shape index (κ2) is 8.39. The third-order valence-corrected chi connectivity index (χ3v) is 4.23. The normalized spacial score (nSPS) is 10.5. The number of ether oxygens (including phenoxy) is 2. The molecule has 0 fully saturated rings. The van der Waals surface area contributed by atoms with Gasteiger partial charge in [-0.1, -0.05) is 30.3 Å². The Morgan fingerprint density at radius 3 is 2.45 bits per heavy atom. The number of anilines is 2. The Kier molecular flexibility index (Phi) is 5.33. The first-order valence-corrected chi connectivity index (χ1v) is 9.14. The SMILES string of the molecule is CC(=O)Oc1ccc2c(Nc3ccc(OCc4ccccc4)cc3)ncnc2c1. The molecule has 0 unspecified atom stereocenters. The average molecular weight is 385 g/mol. The van der Waals surface area contributed by atoms with Crippen LogP contribution >= 0.6 is 0 Å². The molecule has 0 bridgehead atoms. The van der Waals surface area contributed by atoms with Crippen molar-refractivity contribution in [2.24, 2.45) is 0 Å². The Bertz CT molecular complexity index is 1130. The minimum Gasteiger partial charge on any atom is -0.489 e. The maximum atomic E-state index is 11.1. The first kappa shape index (κ1) is 18.4. The predicted octanol–water partition coefficient (Wildman–Crippen LogP) is 4.88. The van der Waals surface area contributed by atoms with Crippen LogP contribution in [-0.4, -0.2) is 15.9 Å². The Morgan fingerprint density at radius 1 is 0.931 bits per heavy atom. The van der Waals surface area contributed by atoms with Crippen LogP contribution in [0.5, 0.6) is 11.5 Å². The molecule has 0 radical (unpaired) electrons. The number of hydrogen-bond donors (Lipinski definition) is 1. The lowest BCUT2D eigenvalue weighted by atomic mass is 10.2. The van der Waals surface area contributed by atoms with E-state index in [1.807, 2.05) is 60.7 Å². The quantitative estimate of drug-likeness (QED) is 0.377. The summed E-state index contributed by atoms with van der Waals surface area (Å²) in [5.41, 5.74) is 2.68. The van der Waals surface area contributed by atoms with Crippen LogP contribution in [0.1, 0.15) is 12.5 Å². The second-order valence-electron chi connectivity index (χ2n) is 6.42. The molecule has 0 amide bonds. The predicted molar refractivity (Wildman–Crippen MR) is 111 cm³/mol. The van der Waals surface area contributed by atoms with E-state index in [1.54, 1.807) is 12.1 Å². The van der Waals surface area contributed by atoms with Crippen LogP contribution in [0.25, 0.3) is 10.9 Å². The maximum Gasteiger partial charge on any atom is 0.308 e. The van der Waals surface area contributed by atoms with E-state index in [4.69, 9.17) is 9.47 Å². The third-order valence-electron chi connectivity index (χ3n) is 4.23. The van der Waals surface area contributed by atoms with Crippen molar-refractivity contribution in [3.63, 3.8) is 0 Å². The molecular formula is C23H19N3O3. The van der Waals surface area contributed by atoms with Crippen LogP contribution in [0.4, 0.5) is 11.5 Å². The standard InChI is InChI=1S/C23H19N3O3/c1-16(27)29-20-11-12-21-22(13-20)24-15-25-23(21)26-18-7-9-19(10-8-18)28-14-17-5-3-2-4-6-17/h2-13,15H,14H2,1H3,(H,24,25,26). The summed E-state index contributed by atoms with van der Waals surface area (Å²) < 4.78 is 10.9. The minimum absolute atomic E-state index is 0.369. The number of aromatic nitrogens is 2.